The van der Waals surface area contributed by atoms with Gasteiger partial charge in [-0.25, -0.2) is 0 Å². The molecule has 1 saturated carbocycles. The minimum absolute atomic E-state index is 0.235. The molecule has 0 bridgehead atoms. The molecule has 114 valence electrons. The summed E-state index contributed by atoms with van der Waals surface area (Å²) < 4.78 is 0. The second kappa shape index (κ2) is 6.61. The summed E-state index contributed by atoms with van der Waals surface area (Å²) in [4.78, 5) is 14.3. The molecule has 1 N–H and O–H groups in total. The molecule has 0 saturated heterocycles. The van der Waals surface area contributed by atoms with Gasteiger partial charge in [-0.05, 0) is 30.9 Å². The number of aliphatic hydroxyl groups excluding tert-OH is 1. The molecule has 0 aromatic heterocycles. The van der Waals surface area contributed by atoms with Gasteiger partial charge in [0.1, 0.15) is 0 Å². The van der Waals surface area contributed by atoms with Gasteiger partial charge in [-0.3, -0.25) is 4.79 Å². The predicted molar refractivity (Wildman–Crippen MR) is 84.8 cm³/mol. The number of carbonyl (C=O) groups is 1. The number of para-hydroxylation sites is 1. The Morgan fingerprint density at radius 1 is 1.19 bits per heavy atom. The number of hydrogen-bond donors (Lipinski definition) is 1. The lowest BCUT2D eigenvalue weighted by molar-refractivity contribution is 0.0984. The molecule has 3 heteroatoms. The van der Waals surface area contributed by atoms with Crippen molar-refractivity contribution in [1.82, 2.24) is 0 Å². The zero-order valence-electron chi connectivity index (χ0n) is 12.6. The van der Waals surface area contributed by atoms with Crippen molar-refractivity contribution in [3.63, 3.8) is 0 Å². The fourth-order valence-corrected chi connectivity index (χ4v) is 3.82. The molecule has 1 aromatic rings. The van der Waals surface area contributed by atoms with Crippen LogP contribution < -0.4 is 4.90 Å². The van der Waals surface area contributed by atoms with Crippen LogP contribution in [0.5, 0.6) is 0 Å². The van der Waals surface area contributed by atoms with Gasteiger partial charge in [-0.2, -0.15) is 0 Å². The highest BCUT2D eigenvalue weighted by atomic mass is 16.3. The maximum atomic E-state index is 12.1. The monoisotopic (exact) mass is 287 g/mol. The van der Waals surface area contributed by atoms with Crippen molar-refractivity contribution in [3.05, 3.63) is 29.8 Å². The van der Waals surface area contributed by atoms with Crippen LogP contribution in [-0.2, 0) is 0 Å². The van der Waals surface area contributed by atoms with Gasteiger partial charge in [0.25, 0.3) is 0 Å². The summed E-state index contributed by atoms with van der Waals surface area (Å²) in [5.41, 5.74) is 1.83. The van der Waals surface area contributed by atoms with E-state index in [1.807, 2.05) is 24.3 Å². The van der Waals surface area contributed by atoms with Crippen LogP contribution in [0.2, 0.25) is 0 Å². The maximum absolute atomic E-state index is 12.1. The third kappa shape index (κ3) is 3.46. The molecule has 1 aliphatic heterocycles. The number of hydrogen-bond acceptors (Lipinski definition) is 3. The first-order valence-electron chi connectivity index (χ1n) is 8.29. The highest BCUT2D eigenvalue weighted by Gasteiger charge is 2.24. The van der Waals surface area contributed by atoms with Gasteiger partial charge >= 0.3 is 0 Å². The number of aliphatic hydroxyl groups is 1. The highest BCUT2D eigenvalue weighted by molar-refractivity contribution is 6.01. The second-order valence-electron chi connectivity index (χ2n) is 6.53. The van der Waals surface area contributed by atoms with E-state index in [2.05, 4.69) is 4.90 Å². The first kappa shape index (κ1) is 14.6. The lowest BCUT2D eigenvalue weighted by atomic mass is 9.99. The normalized spacial score (nSPS) is 21.2. The molecule has 3 nitrogen and oxygen atoms in total. The molecule has 1 heterocycles. The molecule has 1 fully saturated rings. The first-order valence-corrected chi connectivity index (χ1v) is 8.29. The molecule has 0 radical (unpaired) electrons. The van der Waals surface area contributed by atoms with Gasteiger partial charge < -0.3 is 10.0 Å². The molecule has 0 spiro atoms. The number of rotatable bonds is 4. The van der Waals surface area contributed by atoms with E-state index < -0.39 is 0 Å². The Kier molecular flexibility index (Phi) is 4.59. The maximum Gasteiger partial charge on any atom is 0.165 e. The summed E-state index contributed by atoms with van der Waals surface area (Å²) in [6.07, 6.45) is 7.30. The Morgan fingerprint density at radius 3 is 2.76 bits per heavy atom. The standard InChI is InChI=1S/C18H25NO2/c20-15(12-14-6-1-2-7-14)13-19-11-5-10-18(21)16-8-3-4-9-17(16)19/h3-4,8-9,14-15,20H,1-2,5-7,10-13H2. The number of β-amino-alcohol motifs (C(OH)–C–C–N with tert-alkyl or cyclic N) is 1. The number of anilines is 1. The van der Waals surface area contributed by atoms with E-state index in [-0.39, 0.29) is 11.9 Å². The molecule has 1 aliphatic carbocycles. The Morgan fingerprint density at radius 2 is 1.95 bits per heavy atom. The van der Waals surface area contributed by atoms with Crippen LogP contribution >= 0.6 is 0 Å². The molecule has 21 heavy (non-hydrogen) atoms. The van der Waals surface area contributed by atoms with Crippen LogP contribution in [0.4, 0.5) is 5.69 Å². The largest absolute Gasteiger partial charge is 0.391 e. The molecule has 0 amide bonds. The molecule has 1 atom stereocenters. The van der Waals surface area contributed by atoms with Crippen LogP contribution in [0.25, 0.3) is 0 Å². The second-order valence-corrected chi connectivity index (χ2v) is 6.53. The number of fused-ring (bicyclic) bond motifs is 1. The lowest BCUT2D eigenvalue weighted by Crippen LogP contribution is -2.34. The van der Waals surface area contributed by atoms with Gasteiger partial charge in [-0.15, -0.1) is 0 Å². The third-order valence-corrected chi connectivity index (χ3v) is 4.89. The quantitative estimate of drug-likeness (QED) is 0.922. The summed E-state index contributed by atoms with van der Waals surface area (Å²) in [7, 11) is 0. The molecule has 1 unspecified atom stereocenters. The van der Waals surface area contributed by atoms with E-state index in [4.69, 9.17) is 0 Å². The zero-order valence-corrected chi connectivity index (χ0v) is 12.6. The van der Waals surface area contributed by atoms with Crippen molar-refractivity contribution < 1.29 is 9.90 Å². The number of benzene rings is 1. The highest BCUT2D eigenvalue weighted by Crippen LogP contribution is 2.30. The Labute approximate surface area is 127 Å². The van der Waals surface area contributed by atoms with E-state index >= 15 is 0 Å². The van der Waals surface area contributed by atoms with Crippen LogP contribution in [-0.4, -0.2) is 30.1 Å². The first-order chi connectivity index (χ1) is 10.2. The molecular formula is C18H25NO2. The van der Waals surface area contributed by atoms with E-state index in [0.29, 0.717) is 18.9 Å². The SMILES string of the molecule is O=C1CCCN(CC(O)CC2CCCC2)c2ccccc21. The number of ketones is 1. The van der Waals surface area contributed by atoms with E-state index in [9.17, 15) is 9.90 Å². The Balaban J connectivity index is 1.69. The third-order valence-electron chi connectivity index (χ3n) is 4.89. The van der Waals surface area contributed by atoms with E-state index in [1.54, 1.807) is 0 Å². The van der Waals surface area contributed by atoms with Crippen LogP contribution in [0.3, 0.4) is 0 Å². The molecule has 3 rings (SSSR count). The minimum Gasteiger partial charge on any atom is -0.391 e. The van der Waals surface area contributed by atoms with Crippen molar-refractivity contribution in [2.75, 3.05) is 18.0 Å². The van der Waals surface area contributed by atoms with Crippen LogP contribution in [0.15, 0.2) is 24.3 Å². The lowest BCUT2D eigenvalue weighted by Gasteiger charge is -2.28. The predicted octanol–water partition coefficient (Wildman–Crippen LogP) is 3.41. The van der Waals surface area contributed by atoms with E-state index in [0.717, 1.165) is 30.6 Å². The summed E-state index contributed by atoms with van der Waals surface area (Å²) in [5, 5.41) is 10.4. The molecule has 1 aromatic carbocycles. The van der Waals surface area contributed by atoms with Gasteiger partial charge in [-0.1, -0.05) is 37.8 Å². The van der Waals surface area contributed by atoms with Crippen molar-refractivity contribution >= 4 is 11.5 Å². The fraction of sp³-hybridized carbons (Fsp3) is 0.611. The topological polar surface area (TPSA) is 40.5 Å². The summed E-state index contributed by atoms with van der Waals surface area (Å²) >= 11 is 0. The van der Waals surface area contributed by atoms with Crippen molar-refractivity contribution in [2.45, 2.75) is 51.0 Å². The van der Waals surface area contributed by atoms with E-state index in [1.165, 1.54) is 25.7 Å². The van der Waals surface area contributed by atoms with Crippen LogP contribution in [0.1, 0.15) is 55.3 Å². The summed E-state index contributed by atoms with van der Waals surface area (Å²) in [5.74, 6) is 0.933. The Hall–Kier alpha value is -1.35. The van der Waals surface area contributed by atoms with Crippen LogP contribution in [0, 0.1) is 5.92 Å². The fourth-order valence-electron chi connectivity index (χ4n) is 3.82. The average Bonchev–Trinajstić information content (AvgIpc) is 2.93. The average molecular weight is 287 g/mol. The number of Topliss-reactive ketones (excluding diaryl/α,β-unsaturated/α-hetero) is 1. The van der Waals surface area contributed by atoms with Gasteiger partial charge in [0.15, 0.2) is 5.78 Å². The molecule has 2 aliphatic rings. The van der Waals surface area contributed by atoms with Gasteiger partial charge in [0, 0.05) is 30.8 Å². The smallest absolute Gasteiger partial charge is 0.165 e. The van der Waals surface area contributed by atoms with Crippen molar-refractivity contribution in [3.8, 4) is 0 Å². The Bertz CT molecular complexity index is 494. The van der Waals surface area contributed by atoms with Gasteiger partial charge in [0.05, 0.1) is 6.10 Å². The number of nitrogens with zero attached hydrogens (tertiary/aromatic N) is 1. The minimum atomic E-state index is -0.283. The zero-order chi connectivity index (χ0) is 14.7. The van der Waals surface area contributed by atoms with Crippen molar-refractivity contribution in [1.29, 1.82) is 0 Å². The number of carbonyl (C=O) groups excluding carboxylic acids is 1. The molecular weight excluding hydrogens is 262 g/mol. The summed E-state index contributed by atoms with van der Waals surface area (Å²) in [6, 6.07) is 7.84. The summed E-state index contributed by atoms with van der Waals surface area (Å²) in [6.45, 7) is 1.52. The van der Waals surface area contributed by atoms with Gasteiger partial charge in [0.2, 0.25) is 0 Å². The van der Waals surface area contributed by atoms with Crippen molar-refractivity contribution in [2.24, 2.45) is 5.92 Å².